The lowest BCUT2D eigenvalue weighted by atomic mass is 9.86. The minimum atomic E-state index is 0.973. The zero-order chi connectivity index (χ0) is 36.7. The third-order valence-electron chi connectivity index (χ3n) is 12.0. The van der Waals surface area contributed by atoms with E-state index in [1.54, 1.807) is 0 Å². The van der Waals surface area contributed by atoms with Crippen molar-refractivity contribution in [1.82, 2.24) is 4.98 Å². The van der Waals surface area contributed by atoms with Gasteiger partial charge in [0.25, 0.3) is 0 Å². The summed E-state index contributed by atoms with van der Waals surface area (Å²) in [5, 5.41) is 18.4. The second-order valence-corrected chi connectivity index (χ2v) is 15.0. The smallest absolute Gasteiger partial charge is 0.0794 e. The standard InChI is InChI=1S/C55H33N/c1-4-18-37-34(15-1)29-48(43-24-10-7-21-40(37)43)50-32-53-51(49-30-35-16-2-5-19-38(35)41-22-8-11-25-44(41)49)33-54(56-55(53)47-28-14-13-27-46(47)50)52-31-36-17-3-6-20-39(36)42-23-9-12-26-45(42)52/h1-33H. The van der Waals surface area contributed by atoms with E-state index in [0.29, 0.717) is 0 Å². The number of rotatable bonds is 3. The number of hydrogen-bond acceptors (Lipinski definition) is 1. The second kappa shape index (κ2) is 12.1. The molecule has 258 valence electrons. The summed E-state index contributed by atoms with van der Waals surface area (Å²) in [5.74, 6) is 0. The van der Waals surface area contributed by atoms with Crippen LogP contribution in [0.25, 0.3) is 120 Å². The molecule has 0 aliphatic heterocycles. The zero-order valence-electron chi connectivity index (χ0n) is 30.5. The molecule has 0 unspecified atom stereocenters. The molecule has 1 aromatic heterocycles. The van der Waals surface area contributed by atoms with Crippen LogP contribution in [0.3, 0.4) is 0 Å². The van der Waals surface area contributed by atoms with Gasteiger partial charge >= 0.3 is 0 Å². The molecule has 0 bridgehead atoms. The lowest BCUT2D eigenvalue weighted by molar-refractivity contribution is 1.42. The SMILES string of the molecule is c1ccc2c(c1)cc(-c1cc(-c3cc4ccccc4c4ccccc34)c3cc(-c4cc5ccccc5c5ccccc45)c4ccccc4c3n1)c1ccccc12. The lowest BCUT2D eigenvalue weighted by Crippen LogP contribution is -1.95. The van der Waals surface area contributed by atoms with Crippen molar-refractivity contribution < 1.29 is 0 Å². The van der Waals surface area contributed by atoms with Gasteiger partial charge in [0.2, 0.25) is 0 Å². The minimum absolute atomic E-state index is 0.973. The highest BCUT2D eigenvalue weighted by atomic mass is 14.7. The van der Waals surface area contributed by atoms with E-state index in [1.165, 1.54) is 92.3 Å². The van der Waals surface area contributed by atoms with E-state index in [2.05, 4.69) is 200 Å². The van der Waals surface area contributed by atoms with Crippen molar-refractivity contribution in [3.63, 3.8) is 0 Å². The molecule has 12 rings (SSSR count). The molecule has 0 aliphatic rings. The van der Waals surface area contributed by atoms with E-state index in [0.717, 1.165) is 27.5 Å². The summed E-state index contributed by atoms with van der Waals surface area (Å²) in [6.45, 7) is 0. The average molecular weight is 708 g/mol. The summed E-state index contributed by atoms with van der Waals surface area (Å²) in [5.41, 5.74) is 7.96. The van der Waals surface area contributed by atoms with Crippen LogP contribution in [0.1, 0.15) is 0 Å². The Morgan fingerprint density at radius 1 is 0.214 bits per heavy atom. The summed E-state index contributed by atoms with van der Waals surface area (Å²) in [6.07, 6.45) is 0. The van der Waals surface area contributed by atoms with Crippen molar-refractivity contribution in [3.05, 3.63) is 200 Å². The van der Waals surface area contributed by atoms with Gasteiger partial charge in [-0.05, 0) is 123 Å². The van der Waals surface area contributed by atoms with Gasteiger partial charge in [0.1, 0.15) is 0 Å². The molecule has 0 amide bonds. The molecule has 0 atom stereocenters. The van der Waals surface area contributed by atoms with Gasteiger partial charge in [-0.1, -0.05) is 170 Å². The van der Waals surface area contributed by atoms with Gasteiger partial charge in [0.15, 0.2) is 0 Å². The van der Waals surface area contributed by atoms with Crippen LogP contribution in [-0.2, 0) is 0 Å². The molecule has 0 N–H and O–H groups in total. The van der Waals surface area contributed by atoms with Gasteiger partial charge in [-0.3, -0.25) is 0 Å². The molecule has 11 aromatic carbocycles. The van der Waals surface area contributed by atoms with Crippen LogP contribution in [-0.4, -0.2) is 4.98 Å². The number of aromatic nitrogens is 1. The quantitative estimate of drug-likeness (QED) is 0.167. The third kappa shape index (κ3) is 4.58. The molecular formula is C55H33N. The number of hydrogen-bond donors (Lipinski definition) is 0. The van der Waals surface area contributed by atoms with E-state index in [9.17, 15) is 0 Å². The first-order chi connectivity index (χ1) is 27.8. The molecule has 0 aliphatic carbocycles. The first-order valence-corrected chi connectivity index (χ1v) is 19.4. The molecule has 0 radical (unpaired) electrons. The fraction of sp³-hybridized carbons (Fsp3) is 0. The molecule has 1 nitrogen and oxygen atoms in total. The van der Waals surface area contributed by atoms with Gasteiger partial charge in [-0.25, -0.2) is 4.98 Å². The minimum Gasteiger partial charge on any atom is -0.247 e. The number of pyridine rings is 1. The highest BCUT2D eigenvalue weighted by Gasteiger charge is 2.21. The predicted octanol–water partition coefficient (Wildman–Crippen LogP) is 15.3. The summed E-state index contributed by atoms with van der Waals surface area (Å²) >= 11 is 0. The Bertz CT molecular complexity index is 3590. The number of fused-ring (bicyclic) bond motifs is 12. The maximum atomic E-state index is 5.71. The highest BCUT2D eigenvalue weighted by molar-refractivity contribution is 6.24. The Kier molecular flexibility index (Phi) is 6.70. The molecule has 56 heavy (non-hydrogen) atoms. The van der Waals surface area contributed by atoms with Crippen LogP contribution >= 0.6 is 0 Å². The summed E-state index contributed by atoms with van der Waals surface area (Å²) in [4.78, 5) is 5.71. The van der Waals surface area contributed by atoms with E-state index in [1.807, 2.05) is 0 Å². The number of benzene rings is 11. The fourth-order valence-electron chi connectivity index (χ4n) is 9.46. The van der Waals surface area contributed by atoms with Crippen LogP contribution in [0.15, 0.2) is 200 Å². The van der Waals surface area contributed by atoms with Crippen LogP contribution in [0, 0.1) is 0 Å². The molecule has 0 saturated heterocycles. The second-order valence-electron chi connectivity index (χ2n) is 15.0. The highest BCUT2D eigenvalue weighted by Crippen LogP contribution is 2.46. The van der Waals surface area contributed by atoms with Crippen LogP contribution in [0.4, 0.5) is 0 Å². The Labute approximate surface area is 323 Å². The molecular weight excluding hydrogens is 675 g/mol. The van der Waals surface area contributed by atoms with Gasteiger partial charge in [-0.2, -0.15) is 0 Å². The normalized spacial score (nSPS) is 11.9. The maximum Gasteiger partial charge on any atom is 0.0794 e. The van der Waals surface area contributed by atoms with Gasteiger partial charge in [-0.15, -0.1) is 0 Å². The van der Waals surface area contributed by atoms with Crippen molar-refractivity contribution in [2.45, 2.75) is 0 Å². The van der Waals surface area contributed by atoms with E-state index in [-0.39, 0.29) is 0 Å². The Balaban J connectivity index is 1.27. The fourth-order valence-corrected chi connectivity index (χ4v) is 9.46. The molecule has 1 heteroatoms. The zero-order valence-corrected chi connectivity index (χ0v) is 30.5. The summed E-state index contributed by atoms with van der Waals surface area (Å²) < 4.78 is 0. The van der Waals surface area contributed by atoms with Gasteiger partial charge in [0.05, 0.1) is 11.2 Å². The van der Waals surface area contributed by atoms with Crippen molar-refractivity contribution >= 4 is 86.3 Å². The molecule has 0 saturated carbocycles. The first-order valence-electron chi connectivity index (χ1n) is 19.4. The first kappa shape index (κ1) is 31.0. The van der Waals surface area contributed by atoms with Crippen molar-refractivity contribution in [2.24, 2.45) is 0 Å². The summed E-state index contributed by atoms with van der Waals surface area (Å²) in [6, 6.07) is 73.6. The van der Waals surface area contributed by atoms with Gasteiger partial charge in [0, 0.05) is 16.3 Å². The van der Waals surface area contributed by atoms with E-state index < -0.39 is 0 Å². The Morgan fingerprint density at radius 3 is 0.982 bits per heavy atom. The molecule has 12 aromatic rings. The van der Waals surface area contributed by atoms with Crippen molar-refractivity contribution in [3.8, 4) is 33.5 Å². The van der Waals surface area contributed by atoms with Crippen LogP contribution < -0.4 is 0 Å². The molecule has 0 fully saturated rings. The van der Waals surface area contributed by atoms with Gasteiger partial charge < -0.3 is 0 Å². The number of nitrogens with zero attached hydrogens (tertiary/aromatic N) is 1. The topological polar surface area (TPSA) is 12.9 Å². The van der Waals surface area contributed by atoms with E-state index in [4.69, 9.17) is 4.98 Å². The molecule has 1 heterocycles. The van der Waals surface area contributed by atoms with Crippen LogP contribution in [0.2, 0.25) is 0 Å². The Hall–Kier alpha value is -7.35. The summed E-state index contributed by atoms with van der Waals surface area (Å²) in [7, 11) is 0. The van der Waals surface area contributed by atoms with Crippen LogP contribution in [0.5, 0.6) is 0 Å². The Morgan fingerprint density at radius 2 is 0.518 bits per heavy atom. The predicted molar refractivity (Wildman–Crippen MR) is 241 cm³/mol. The monoisotopic (exact) mass is 707 g/mol. The molecule has 0 spiro atoms. The lowest BCUT2D eigenvalue weighted by Gasteiger charge is -2.19. The largest absolute Gasteiger partial charge is 0.247 e. The third-order valence-corrected chi connectivity index (χ3v) is 12.0. The average Bonchev–Trinajstić information content (AvgIpc) is 3.27. The van der Waals surface area contributed by atoms with Crippen molar-refractivity contribution in [2.75, 3.05) is 0 Å². The van der Waals surface area contributed by atoms with E-state index >= 15 is 0 Å². The maximum absolute atomic E-state index is 5.71. The van der Waals surface area contributed by atoms with Crippen molar-refractivity contribution in [1.29, 1.82) is 0 Å².